The van der Waals surface area contributed by atoms with Gasteiger partial charge in [0.05, 0.1) is 7.11 Å². The van der Waals surface area contributed by atoms with Gasteiger partial charge in [0.1, 0.15) is 18.5 Å². The number of aryl methyl sites for hydroxylation is 1. The molecule has 0 saturated carbocycles. The molecule has 2 aromatic rings. The molecule has 7 heteroatoms. The lowest BCUT2D eigenvalue weighted by Crippen LogP contribution is -2.06. The maximum atomic E-state index is 11.0. The van der Waals surface area contributed by atoms with Crippen molar-refractivity contribution in [3.63, 3.8) is 0 Å². The smallest absolute Gasteiger partial charge is 0.343 e. The van der Waals surface area contributed by atoms with Crippen molar-refractivity contribution in [3.8, 4) is 5.75 Å². The fourth-order valence-electron chi connectivity index (χ4n) is 1.96. The molecule has 0 aliphatic carbocycles. The Balaban J connectivity index is 2.35. The zero-order valence-electron chi connectivity index (χ0n) is 11.5. The van der Waals surface area contributed by atoms with Crippen molar-refractivity contribution in [2.24, 2.45) is 0 Å². The lowest BCUT2D eigenvalue weighted by molar-refractivity contribution is -0.392. The van der Waals surface area contributed by atoms with E-state index in [0.29, 0.717) is 12.4 Å². The third-order valence-corrected chi connectivity index (χ3v) is 3.79. The Labute approximate surface area is 120 Å². The summed E-state index contributed by atoms with van der Waals surface area (Å²) in [6.07, 6.45) is 3.26. The predicted octanol–water partition coefficient (Wildman–Crippen LogP) is 2.88. The number of nitrogens with zero attached hydrogens (tertiary/aromatic N) is 3. The Bertz CT molecular complexity index is 640. The van der Waals surface area contributed by atoms with Crippen LogP contribution in [0.3, 0.4) is 0 Å². The van der Waals surface area contributed by atoms with E-state index >= 15 is 0 Å². The summed E-state index contributed by atoms with van der Waals surface area (Å²) in [5.41, 5.74) is 0.934. The number of hydrogen-bond acceptors (Lipinski definition) is 5. The molecule has 0 unspecified atom stereocenters. The molecule has 0 radical (unpaired) electrons. The number of hydrogen-bond donors (Lipinski definition) is 0. The van der Waals surface area contributed by atoms with E-state index in [0.717, 1.165) is 16.2 Å². The van der Waals surface area contributed by atoms with Crippen molar-refractivity contribution >= 4 is 17.6 Å². The van der Waals surface area contributed by atoms with Gasteiger partial charge in [0, 0.05) is 11.8 Å². The number of rotatable bonds is 5. The molecule has 0 saturated heterocycles. The minimum absolute atomic E-state index is 0.00425. The average molecular weight is 293 g/mol. The summed E-state index contributed by atoms with van der Waals surface area (Å²) in [7, 11) is 1.61. The third-order valence-electron chi connectivity index (χ3n) is 3.01. The molecule has 0 amide bonds. The number of benzene rings is 1. The molecule has 106 valence electrons. The van der Waals surface area contributed by atoms with Crippen molar-refractivity contribution in [1.82, 2.24) is 9.55 Å². The predicted molar refractivity (Wildman–Crippen MR) is 77.5 cm³/mol. The van der Waals surface area contributed by atoms with Gasteiger partial charge in [-0.15, -0.1) is 11.8 Å². The van der Waals surface area contributed by atoms with Crippen molar-refractivity contribution < 1.29 is 9.66 Å². The number of ether oxygens (including phenoxy) is 1. The Hall–Kier alpha value is -2.02. The van der Waals surface area contributed by atoms with Gasteiger partial charge in [0.2, 0.25) is 0 Å². The maximum absolute atomic E-state index is 11.0. The Morgan fingerprint density at radius 1 is 1.50 bits per heavy atom. The first kappa shape index (κ1) is 14.4. The van der Waals surface area contributed by atoms with E-state index in [1.807, 2.05) is 24.5 Å². The summed E-state index contributed by atoms with van der Waals surface area (Å²) in [4.78, 5) is 15.6. The Kier molecular flexibility index (Phi) is 4.29. The fourth-order valence-corrected chi connectivity index (χ4v) is 2.51. The van der Waals surface area contributed by atoms with Gasteiger partial charge < -0.3 is 14.9 Å². The van der Waals surface area contributed by atoms with Crippen molar-refractivity contribution in [2.45, 2.75) is 18.4 Å². The van der Waals surface area contributed by atoms with E-state index in [4.69, 9.17) is 4.74 Å². The van der Waals surface area contributed by atoms with Crippen molar-refractivity contribution in [2.75, 3.05) is 13.4 Å². The zero-order chi connectivity index (χ0) is 14.7. The summed E-state index contributed by atoms with van der Waals surface area (Å²) in [5.74, 6) is 1.38. The van der Waals surface area contributed by atoms with Crippen LogP contribution >= 0.6 is 11.8 Å². The lowest BCUT2D eigenvalue weighted by Gasteiger charge is -2.09. The highest BCUT2D eigenvalue weighted by atomic mass is 32.2. The van der Waals surface area contributed by atoms with Gasteiger partial charge in [0.15, 0.2) is 5.82 Å². The van der Waals surface area contributed by atoms with Gasteiger partial charge in [-0.25, -0.2) is 9.55 Å². The van der Waals surface area contributed by atoms with Crippen LogP contribution in [0.25, 0.3) is 0 Å². The van der Waals surface area contributed by atoms with Gasteiger partial charge in [-0.3, -0.25) is 0 Å². The van der Waals surface area contributed by atoms with E-state index in [1.165, 1.54) is 6.20 Å². The fraction of sp³-hybridized carbons (Fsp3) is 0.308. The van der Waals surface area contributed by atoms with Crippen molar-refractivity contribution in [1.29, 1.82) is 0 Å². The first-order chi connectivity index (χ1) is 9.56. The monoisotopic (exact) mass is 293 g/mol. The standard InChI is InChI=1S/C13H15N3O3S/c1-9-14-7-13(16(17)18)15(9)8-10-4-5-12(20-3)11(6-10)19-2/h4-7H,8H2,1-3H3. The summed E-state index contributed by atoms with van der Waals surface area (Å²) < 4.78 is 6.90. The van der Waals surface area contributed by atoms with Crippen LogP contribution in [0.5, 0.6) is 5.75 Å². The molecule has 0 aliphatic heterocycles. The molecule has 0 atom stereocenters. The van der Waals surface area contributed by atoms with E-state index in [2.05, 4.69) is 4.98 Å². The van der Waals surface area contributed by atoms with Crippen LogP contribution in [-0.4, -0.2) is 27.8 Å². The van der Waals surface area contributed by atoms with Gasteiger partial charge >= 0.3 is 5.82 Å². The molecule has 1 aromatic carbocycles. The summed E-state index contributed by atoms with van der Waals surface area (Å²) >= 11 is 1.60. The van der Waals surface area contributed by atoms with Crippen LogP contribution < -0.4 is 4.74 Å². The summed E-state index contributed by atoms with van der Waals surface area (Å²) in [6, 6.07) is 5.80. The van der Waals surface area contributed by atoms with E-state index in [9.17, 15) is 10.1 Å². The SMILES string of the molecule is COc1cc(Cn2c([N+](=O)[O-])cnc2C)ccc1SC. The molecule has 20 heavy (non-hydrogen) atoms. The van der Waals surface area contributed by atoms with Gasteiger partial charge in [-0.05, 0) is 28.9 Å². The number of methoxy groups -OCH3 is 1. The van der Waals surface area contributed by atoms with E-state index < -0.39 is 4.92 Å². The van der Waals surface area contributed by atoms with Gasteiger partial charge in [-0.1, -0.05) is 6.07 Å². The molecule has 1 heterocycles. The number of nitro groups is 1. The summed E-state index contributed by atoms with van der Waals surface area (Å²) in [6.45, 7) is 2.15. The van der Waals surface area contributed by atoms with Crippen LogP contribution in [0.15, 0.2) is 29.3 Å². The quantitative estimate of drug-likeness (QED) is 0.481. The topological polar surface area (TPSA) is 70.2 Å². The number of thioether (sulfide) groups is 1. The largest absolute Gasteiger partial charge is 0.496 e. The average Bonchev–Trinajstić information content (AvgIpc) is 2.80. The molecule has 0 bridgehead atoms. The normalized spacial score (nSPS) is 10.6. The molecule has 2 rings (SSSR count). The maximum Gasteiger partial charge on any atom is 0.343 e. The van der Waals surface area contributed by atoms with E-state index in [1.54, 1.807) is 30.4 Å². The van der Waals surface area contributed by atoms with Gasteiger partial charge in [-0.2, -0.15) is 0 Å². The zero-order valence-corrected chi connectivity index (χ0v) is 12.3. The van der Waals surface area contributed by atoms with Crippen LogP contribution in [0.2, 0.25) is 0 Å². The molecule has 1 aromatic heterocycles. The second-order valence-corrected chi connectivity index (χ2v) is 5.04. The van der Waals surface area contributed by atoms with Crippen LogP contribution in [-0.2, 0) is 6.54 Å². The highest BCUT2D eigenvalue weighted by molar-refractivity contribution is 7.98. The summed E-state index contributed by atoms with van der Waals surface area (Å²) in [5, 5.41) is 11.0. The highest BCUT2D eigenvalue weighted by Crippen LogP contribution is 2.29. The minimum Gasteiger partial charge on any atom is -0.496 e. The van der Waals surface area contributed by atoms with Crippen LogP contribution in [0.4, 0.5) is 5.82 Å². The second kappa shape index (κ2) is 5.96. The molecular weight excluding hydrogens is 278 g/mol. The minimum atomic E-state index is -0.423. The van der Waals surface area contributed by atoms with Gasteiger partial charge in [0.25, 0.3) is 0 Å². The Morgan fingerprint density at radius 2 is 2.25 bits per heavy atom. The molecular formula is C13H15N3O3S. The number of aromatic nitrogens is 2. The van der Waals surface area contributed by atoms with E-state index in [-0.39, 0.29) is 5.82 Å². The lowest BCUT2D eigenvalue weighted by atomic mass is 10.2. The van der Waals surface area contributed by atoms with Crippen LogP contribution in [0.1, 0.15) is 11.4 Å². The first-order valence-corrected chi connectivity index (χ1v) is 7.16. The first-order valence-electron chi connectivity index (χ1n) is 5.94. The third kappa shape index (κ3) is 2.77. The molecule has 0 aliphatic rings. The molecule has 6 nitrogen and oxygen atoms in total. The molecule has 0 N–H and O–H groups in total. The number of imidazole rings is 1. The molecule has 0 spiro atoms. The molecule has 0 fully saturated rings. The van der Waals surface area contributed by atoms with Crippen LogP contribution in [0, 0.1) is 17.0 Å². The highest BCUT2D eigenvalue weighted by Gasteiger charge is 2.18. The Morgan fingerprint density at radius 3 is 2.85 bits per heavy atom. The second-order valence-electron chi connectivity index (χ2n) is 4.20. The van der Waals surface area contributed by atoms with Crippen molar-refractivity contribution in [3.05, 3.63) is 45.9 Å².